The molecule has 1 saturated heterocycles. The SMILES string of the molecule is CC[C@@]1(O)C(=O)OCc2c1cc1n(c2=O)Cc2c-1nc1cc(F)c(C)cc1c2CN1CCS(=O)(=O)CC1CO. The fourth-order valence-electron chi connectivity index (χ4n) is 5.97. The topological polar surface area (TPSA) is 139 Å². The number of nitrogens with zero attached hydrogens (tertiary/aromatic N) is 3. The van der Waals surface area contributed by atoms with Crippen LogP contribution in [0.4, 0.5) is 4.39 Å². The van der Waals surface area contributed by atoms with Crippen molar-refractivity contribution >= 4 is 26.7 Å². The van der Waals surface area contributed by atoms with Crippen molar-refractivity contribution in [2.45, 2.75) is 51.6 Å². The Bertz CT molecular complexity index is 1740. The Balaban J connectivity index is 1.57. The molecule has 2 aromatic heterocycles. The van der Waals surface area contributed by atoms with Crippen LogP contribution in [-0.4, -0.2) is 69.8 Å². The molecular formula is C27H28FN3O7S. The summed E-state index contributed by atoms with van der Waals surface area (Å²) >= 11 is 0. The van der Waals surface area contributed by atoms with Gasteiger partial charge in [0.2, 0.25) is 0 Å². The third-order valence-corrected chi connectivity index (χ3v) is 10.0. The molecule has 0 amide bonds. The van der Waals surface area contributed by atoms with Gasteiger partial charge in [0, 0.05) is 41.7 Å². The molecule has 0 spiro atoms. The van der Waals surface area contributed by atoms with Gasteiger partial charge < -0.3 is 19.5 Å². The van der Waals surface area contributed by atoms with Crippen LogP contribution in [0.25, 0.3) is 22.3 Å². The minimum atomic E-state index is -3.28. The maximum Gasteiger partial charge on any atom is 0.343 e. The Morgan fingerprint density at radius 2 is 2.00 bits per heavy atom. The summed E-state index contributed by atoms with van der Waals surface area (Å²) in [4.78, 5) is 32.7. The number of aliphatic hydroxyl groups is 2. The average molecular weight is 558 g/mol. The van der Waals surface area contributed by atoms with Gasteiger partial charge in [-0.25, -0.2) is 22.6 Å². The van der Waals surface area contributed by atoms with Crippen molar-refractivity contribution in [2.75, 3.05) is 24.7 Å². The molecule has 1 unspecified atom stereocenters. The van der Waals surface area contributed by atoms with E-state index in [1.807, 2.05) is 4.90 Å². The number of rotatable bonds is 4. The zero-order chi connectivity index (χ0) is 27.9. The highest BCUT2D eigenvalue weighted by Crippen LogP contribution is 2.41. The number of cyclic esters (lactones) is 1. The Hall–Kier alpha value is -3.19. The molecule has 10 nitrogen and oxygen atoms in total. The first-order chi connectivity index (χ1) is 18.5. The number of sulfone groups is 1. The van der Waals surface area contributed by atoms with E-state index in [2.05, 4.69) is 0 Å². The quantitative estimate of drug-likeness (QED) is 0.354. The number of pyridine rings is 2. The smallest absolute Gasteiger partial charge is 0.343 e. The molecule has 3 aliphatic rings. The van der Waals surface area contributed by atoms with Gasteiger partial charge >= 0.3 is 5.97 Å². The number of fused-ring (bicyclic) bond motifs is 5. The van der Waals surface area contributed by atoms with Crippen molar-refractivity contribution in [1.82, 2.24) is 14.5 Å². The maximum atomic E-state index is 14.7. The number of aromatic nitrogens is 2. The van der Waals surface area contributed by atoms with Crippen LogP contribution in [0.1, 0.15) is 41.2 Å². The summed E-state index contributed by atoms with van der Waals surface area (Å²) in [7, 11) is -3.28. The van der Waals surface area contributed by atoms with Gasteiger partial charge in [0.1, 0.15) is 12.4 Å². The zero-order valence-corrected chi connectivity index (χ0v) is 22.3. The highest BCUT2D eigenvalue weighted by molar-refractivity contribution is 7.91. The summed E-state index contributed by atoms with van der Waals surface area (Å²) < 4.78 is 45.8. The minimum Gasteiger partial charge on any atom is -0.458 e. The number of hydrogen-bond donors (Lipinski definition) is 2. The number of ether oxygens (including phenoxy) is 1. The molecule has 0 radical (unpaired) electrons. The number of carbonyl (C=O) groups is 1. The number of benzene rings is 1. The molecule has 1 aromatic carbocycles. The van der Waals surface area contributed by atoms with Gasteiger partial charge in [-0.3, -0.25) is 9.69 Å². The second-order valence-corrected chi connectivity index (χ2v) is 12.8. The van der Waals surface area contributed by atoms with Crippen molar-refractivity contribution in [2.24, 2.45) is 0 Å². The number of esters is 1. The van der Waals surface area contributed by atoms with Crippen LogP contribution in [0.2, 0.25) is 0 Å². The molecule has 3 aromatic rings. The van der Waals surface area contributed by atoms with Gasteiger partial charge in [0.15, 0.2) is 15.4 Å². The average Bonchev–Trinajstić information content (AvgIpc) is 3.27. The van der Waals surface area contributed by atoms with E-state index in [0.717, 1.165) is 5.56 Å². The molecule has 0 bridgehead atoms. The van der Waals surface area contributed by atoms with Crippen LogP contribution in [0.5, 0.6) is 0 Å². The largest absolute Gasteiger partial charge is 0.458 e. The molecule has 0 aliphatic carbocycles. The molecule has 5 heterocycles. The van der Waals surface area contributed by atoms with Gasteiger partial charge in [-0.1, -0.05) is 6.92 Å². The van der Waals surface area contributed by atoms with Gasteiger partial charge in [-0.05, 0) is 36.6 Å². The normalized spacial score (nSPS) is 23.8. The molecule has 6 rings (SSSR count). The van der Waals surface area contributed by atoms with E-state index >= 15 is 0 Å². The summed E-state index contributed by atoms with van der Waals surface area (Å²) in [6, 6.07) is 4.02. The molecular weight excluding hydrogens is 529 g/mol. The van der Waals surface area contributed by atoms with Crippen molar-refractivity contribution < 1.29 is 32.6 Å². The number of carbonyl (C=O) groups excluding carboxylic acids is 1. The zero-order valence-electron chi connectivity index (χ0n) is 21.5. The first kappa shape index (κ1) is 26.1. The van der Waals surface area contributed by atoms with Crippen molar-refractivity contribution in [1.29, 1.82) is 0 Å². The first-order valence-electron chi connectivity index (χ1n) is 12.8. The molecule has 0 saturated carbocycles. The summed E-state index contributed by atoms with van der Waals surface area (Å²) in [5, 5.41) is 21.8. The highest BCUT2D eigenvalue weighted by atomic mass is 32.2. The first-order valence-corrected chi connectivity index (χ1v) is 14.6. The molecule has 39 heavy (non-hydrogen) atoms. The summed E-state index contributed by atoms with van der Waals surface area (Å²) in [6.45, 7) is 3.31. The third kappa shape index (κ3) is 3.92. The Kier molecular flexibility index (Phi) is 5.96. The van der Waals surface area contributed by atoms with E-state index in [1.54, 1.807) is 26.0 Å². The molecule has 2 N–H and O–H groups in total. The van der Waals surface area contributed by atoms with E-state index in [0.29, 0.717) is 33.4 Å². The molecule has 3 aliphatic heterocycles. The fraction of sp³-hybridized carbons (Fsp3) is 0.444. The van der Waals surface area contributed by atoms with Crippen LogP contribution < -0.4 is 5.56 Å². The van der Waals surface area contributed by atoms with E-state index in [4.69, 9.17) is 9.72 Å². The van der Waals surface area contributed by atoms with E-state index in [-0.39, 0.29) is 61.9 Å². The number of hydrogen-bond acceptors (Lipinski definition) is 9. The van der Waals surface area contributed by atoms with Crippen LogP contribution in [0.15, 0.2) is 23.0 Å². The van der Waals surface area contributed by atoms with Crippen molar-refractivity contribution in [3.05, 3.63) is 62.2 Å². The fourth-order valence-corrected chi connectivity index (χ4v) is 7.55. The highest BCUT2D eigenvalue weighted by Gasteiger charge is 2.45. The lowest BCUT2D eigenvalue weighted by Crippen LogP contribution is -2.49. The van der Waals surface area contributed by atoms with Gasteiger partial charge in [0.25, 0.3) is 5.56 Å². The van der Waals surface area contributed by atoms with Crippen LogP contribution >= 0.6 is 0 Å². The molecule has 1 fully saturated rings. The van der Waals surface area contributed by atoms with E-state index < -0.39 is 38.8 Å². The Morgan fingerprint density at radius 1 is 1.23 bits per heavy atom. The molecule has 12 heteroatoms. The second kappa shape index (κ2) is 8.91. The monoisotopic (exact) mass is 557 g/mol. The van der Waals surface area contributed by atoms with Gasteiger partial charge in [0.05, 0.1) is 47.1 Å². The predicted octanol–water partition coefficient (Wildman–Crippen LogP) is 1.12. The standard InChI is InChI=1S/C27H28FN3O7S/c1-3-27(35)20-7-23-24-18(10-31(23)25(33)19(20)12-38-26(27)34)17(16-6-14(2)21(28)8-22(16)29-24)9-30-4-5-39(36,37)13-15(30)11-32/h6-8,15,32,35H,3-5,9-13H2,1-2H3/t15?,27-/m0/s1. The Labute approximate surface area is 223 Å². The van der Waals surface area contributed by atoms with Crippen LogP contribution in [0.3, 0.4) is 0 Å². The number of aliphatic hydroxyl groups excluding tert-OH is 1. The van der Waals surface area contributed by atoms with Gasteiger partial charge in [-0.15, -0.1) is 0 Å². The summed E-state index contributed by atoms with van der Waals surface area (Å²) in [5.74, 6) is -1.47. The van der Waals surface area contributed by atoms with Crippen LogP contribution in [-0.2, 0) is 44.7 Å². The molecule has 2 atom stereocenters. The van der Waals surface area contributed by atoms with E-state index in [9.17, 15) is 32.6 Å². The molecule has 206 valence electrons. The minimum absolute atomic E-state index is 0.00981. The summed E-state index contributed by atoms with van der Waals surface area (Å²) in [6.07, 6.45) is 0.00981. The van der Waals surface area contributed by atoms with E-state index in [1.165, 1.54) is 10.6 Å². The summed E-state index contributed by atoms with van der Waals surface area (Å²) in [5.41, 5.74) is 1.09. The lowest BCUT2D eigenvalue weighted by atomic mass is 9.86. The third-order valence-electron chi connectivity index (χ3n) is 8.31. The maximum absolute atomic E-state index is 14.7. The van der Waals surface area contributed by atoms with Crippen molar-refractivity contribution in [3.63, 3.8) is 0 Å². The number of aryl methyl sites for hydroxylation is 1. The lowest BCUT2D eigenvalue weighted by Gasteiger charge is -2.35. The van der Waals surface area contributed by atoms with Gasteiger partial charge in [-0.2, -0.15) is 0 Å². The Morgan fingerprint density at radius 3 is 2.72 bits per heavy atom. The number of halogens is 1. The second-order valence-electron chi connectivity index (χ2n) is 10.6. The van der Waals surface area contributed by atoms with Crippen LogP contribution in [0, 0.1) is 12.7 Å². The van der Waals surface area contributed by atoms with Crippen molar-refractivity contribution in [3.8, 4) is 11.4 Å². The lowest BCUT2D eigenvalue weighted by molar-refractivity contribution is -0.172. The predicted molar refractivity (Wildman–Crippen MR) is 139 cm³/mol.